The second kappa shape index (κ2) is 7.12. The summed E-state index contributed by atoms with van der Waals surface area (Å²) in [6.45, 7) is 6.25. The van der Waals surface area contributed by atoms with Gasteiger partial charge >= 0.3 is 0 Å². The van der Waals surface area contributed by atoms with Gasteiger partial charge < -0.3 is 10.1 Å². The van der Waals surface area contributed by atoms with Crippen molar-refractivity contribution in [3.8, 4) is 5.75 Å². The zero-order valence-electron chi connectivity index (χ0n) is 13.6. The lowest BCUT2D eigenvalue weighted by Crippen LogP contribution is -2.28. The lowest BCUT2D eigenvalue weighted by Gasteiger charge is -2.20. The Kier molecular flexibility index (Phi) is 5.21. The van der Waals surface area contributed by atoms with Crippen molar-refractivity contribution in [2.75, 3.05) is 7.11 Å². The smallest absolute Gasteiger partial charge is 0.251 e. The summed E-state index contributed by atoms with van der Waals surface area (Å²) in [4.78, 5) is 12.4. The molecule has 1 amide bonds. The van der Waals surface area contributed by atoms with Crippen LogP contribution < -0.4 is 10.1 Å². The number of carbonyl (C=O) groups is 1. The van der Waals surface area contributed by atoms with Crippen molar-refractivity contribution in [1.82, 2.24) is 5.32 Å². The van der Waals surface area contributed by atoms with Gasteiger partial charge in [0.1, 0.15) is 5.75 Å². The maximum absolute atomic E-state index is 12.4. The number of aryl methyl sites for hydroxylation is 2. The first-order chi connectivity index (χ1) is 10.5. The molecule has 0 aliphatic rings. The molecule has 0 bridgehead atoms. The number of benzene rings is 2. The van der Waals surface area contributed by atoms with E-state index in [1.54, 1.807) is 31.4 Å². The summed E-state index contributed by atoms with van der Waals surface area (Å²) < 4.78 is 5.12. The van der Waals surface area contributed by atoms with Gasteiger partial charge in [0.25, 0.3) is 5.91 Å². The third kappa shape index (κ3) is 3.67. The van der Waals surface area contributed by atoms with Crippen LogP contribution in [0.3, 0.4) is 0 Å². The van der Waals surface area contributed by atoms with E-state index in [1.807, 2.05) is 0 Å². The molecule has 0 heterocycles. The van der Waals surface area contributed by atoms with Crippen LogP contribution in [0.5, 0.6) is 5.75 Å². The van der Waals surface area contributed by atoms with E-state index in [-0.39, 0.29) is 11.9 Å². The average Bonchev–Trinajstić information content (AvgIpc) is 2.53. The van der Waals surface area contributed by atoms with Gasteiger partial charge in [0.05, 0.1) is 13.2 Å². The molecule has 2 aromatic rings. The highest BCUT2D eigenvalue weighted by Gasteiger charge is 2.16. The maximum Gasteiger partial charge on any atom is 0.251 e. The predicted molar refractivity (Wildman–Crippen MR) is 89.4 cm³/mol. The summed E-state index contributed by atoms with van der Waals surface area (Å²) in [6, 6.07) is 13.5. The summed E-state index contributed by atoms with van der Waals surface area (Å²) >= 11 is 0. The van der Waals surface area contributed by atoms with Gasteiger partial charge in [-0.3, -0.25) is 4.79 Å². The zero-order valence-corrected chi connectivity index (χ0v) is 13.6. The molecule has 22 heavy (non-hydrogen) atoms. The number of hydrogen-bond acceptors (Lipinski definition) is 2. The third-order valence-corrected chi connectivity index (χ3v) is 3.87. The molecule has 2 aromatic carbocycles. The van der Waals surface area contributed by atoms with Crippen molar-refractivity contribution >= 4 is 5.91 Å². The zero-order chi connectivity index (χ0) is 16.1. The molecule has 1 unspecified atom stereocenters. The Hall–Kier alpha value is -2.29. The highest BCUT2D eigenvalue weighted by Crippen LogP contribution is 2.22. The van der Waals surface area contributed by atoms with Crippen LogP contribution in [0, 0.1) is 13.8 Å². The molecule has 0 saturated carbocycles. The largest absolute Gasteiger partial charge is 0.497 e. The fourth-order valence-corrected chi connectivity index (χ4v) is 2.60. The standard InChI is InChI=1S/C19H23NO2/c1-5-18(17-11-6-13(2)12-14(17)3)20-19(21)15-7-9-16(22-4)10-8-15/h6-12,18H,5H2,1-4H3,(H,20,21). The van der Waals surface area contributed by atoms with Gasteiger partial charge in [-0.15, -0.1) is 0 Å². The third-order valence-electron chi connectivity index (χ3n) is 3.87. The van der Waals surface area contributed by atoms with Crippen molar-refractivity contribution in [2.45, 2.75) is 33.2 Å². The topological polar surface area (TPSA) is 38.3 Å². The highest BCUT2D eigenvalue weighted by molar-refractivity contribution is 5.94. The number of ether oxygens (including phenoxy) is 1. The normalized spacial score (nSPS) is 11.8. The molecular formula is C19H23NO2. The first-order valence-corrected chi connectivity index (χ1v) is 7.57. The van der Waals surface area contributed by atoms with Gasteiger partial charge in [0.15, 0.2) is 0 Å². The molecule has 0 fully saturated rings. The molecule has 2 rings (SSSR count). The van der Waals surface area contributed by atoms with Crippen molar-refractivity contribution in [1.29, 1.82) is 0 Å². The van der Waals surface area contributed by atoms with Gasteiger partial charge in [-0.05, 0) is 55.7 Å². The van der Waals surface area contributed by atoms with E-state index in [0.717, 1.165) is 12.2 Å². The number of nitrogens with one attached hydrogen (secondary N) is 1. The van der Waals surface area contributed by atoms with Crippen LogP contribution in [0.25, 0.3) is 0 Å². The van der Waals surface area contributed by atoms with Gasteiger partial charge in [-0.25, -0.2) is 0 Å². The Morgan fingerprint density at radius 1 is 1.14 bits per heavy atom. The average molecular weight is 297 g/mol. The molecule has 1 N–H and O–H groups in total. The van der Waals surface area contributed by atoms with Gasteiger partial charge in [-0.2, -0.15) is 0 Å². The molecule has 0 spiro atoms. The molecule has 3 heteroatoms. The molecule has 0 aliphatic carbocycles. The van der Waals surface area contributed by atoms with Gasteiger partial charge in [0, 0.05) is 5.56 Å². The van der Waals surface area contributed by atoms with Gasteiger partial charge in [0.2, 0.25) is 0 Å². The summed E-state index contributed by atoms with van der Waals surface area (Å²) in [7, 11) is 1.61. The molecule has 0 aromatic heterocycles. The second-order valence-electron chi connectivity index (χ2n) is 5.52. The number of amides is 1. The lowest BCUT2D eigenvalue weighted by molar-refractivity contribution is 0.0935. The van der Waals surface area contributed by atoms with Crippen molar-refractivity contribution in [3.05, 3.63) is 64.7 Å². The minimum atomic E-state index is -0.0607. The fraction of sp³-hybridized carbons (Fsp3) is 0.316. The fourth-order valence-electron chi connectivity index (χ4n) is 2.60. The summed E-state index contributed by atoms with van der Waals surface area (Å²) in [5.74, 6) is 0.687. The van der Waals surface area contributed by atoms with E-state index >= 15 is 0 Å². The Balaban J connectivity index is 2.16. The SMILES string of the molecule is CCC(NC(=O)c1ccc(OC)cc1)c1ccc(C)cc1C. The van der Waals surface area contributed by atoms with Crippen molar-refractivity contribution in [2.24, 2.45) is 0 Å². The second-order valence-corrected chi connectivity index (χ2v) is 5.52. The molecule has 1 atom stereocenters. The Morgan fingerprint density at radius 2 is 1.82 bits per heavy atom. The number of carbonyl (C=O) groups excluding carboxylic acids is 1. The Morgan fingerprint density at radius 3 is 2.36 bits per heavy atom. The molecule has 0 saturated heterocycles. The first-order valence-electron chi connectivity index (χ1n) is 7.57. The molecular weight excluding hydrogens is 274 g/mol. The molecule has 3 nitrogen and oxygen atoms in total. The van der Waals surface area contributed by atoms with Crippen LogP contribution in [0.2, 0.25) is 0 Å². The summed E-state index contributed by atoms with van der Waals surface area (Å²) in [5.41, 5.74) is 4.26. The van der Waals surface area contributed by atoms with Crippen molar-refractivity contribution < 1.29 is 9.53 Å². The number of methoxy groups -OCH3 is 1. The van der Waals surface area contributed by atoms with Crippen LogP contribution in [-0.4, -0.2) is 13.0 Å². The number of rotatable bonds is 5. The van der Waals surface area contributed by atoms with E-state index in [2.05, 4.69) is 44.3 Å². The minimum Gasteiger partial charge on any atom is -0.497 e. The van der Waals surface area contributed by atoms with Crippen LogP contribution >= 0.6 is 0 Å². The van der Waals surface area contributed by atoms with Crippen molar-refractivity contribution in [3.63, 3.8) is 0 Å². The summed E-state index contributed by atoms with van der Waals surface area (Å²) in [6.07, 6.45) is 0.853. The quantitative estimate of drug-likeness (QED) is 0.898. The Bertz CT molecular complexity index is 647. The molecule has 0 aliphatic heterocycles. The highest BCUT2D eigenvalue weighted by atomic mass is 16.5. The minimum absolute atomic E-state index is 0.0233. The van der Waals surface area contributed by atoms with Gasteiger partial charge in [-0.1, -0.05) is 30.7 Å². The first kappa shape index (κ1) is 16.1. The predicted octanol–water partition coefficient (Wildman–Crippen LogP) is 4.19. The van der Waals surface area contributed by atoms with Crippen LogP contribution in [-0.2, 0) is 0 Å². The number of hydrogen-bond donors (Lipinski definition) is 1. The van der Waals surface area contributed by atoms with Crippen LogP contribution in [0.15, 0.2) is 42.5 Å². The Labute approximate surface area is 132 Å². The van der Waals surface area contributed by atoms with E-state index in [1.165, 1.54) is 16.7 Å². The van der Waals surface area contributed by atoms with E-state index < -0.39 is 0 Å². The molecule has 0 radical (unpaired) electrons. The maximum atomic E-state index is 12.4. The van der Waals surface area contributed by atoms with E-state index in [9.17, 15) is 4.79 Å². The lowest BCUT2D eigenvalue weighted by atomic mass is 9.97. The van der Waals surface area contributed by atoms with Crippen LogP contribution in [0.4, 0.5) is 0 Å². The van der Waals surface area contributed by atoms with Crippen LogP contribution in [0.1, 0.15) is 46.4 Å². The van der Waals surface area contributed by atoms with E-state index in [4.69, 9.17) is 4.74 Å². The monoisotopic (exact) mass is 297 g/mol. The van der Waals surface area contributed by atoms with E-state index in [0.29, 0.717) is 5.56 Å². The summed E-state index contributed by atoms with van der Waals surface area (Å²) in [5, 5.41) is 3.12. The molecule has 116 valence electrons.